The fraction of sp³-hybridized carbons (Fsp3) is 0.381. The molecule has 0 saturated carbocycles. The quantitative estimate of drug-likeness (QED) is 0.455. The lowest BCUT2D eigenvalue weighted by Crippen LogP contribution is -2.41. The van der Waals surface area contributed by atoms with Gasteiger partial charge in [-0.15, -0.1) is 0 Å². The summed E-state index contributed by atoms with van der Waals surface area (Å²) in [5.74, 6) is -2.60. The molecule has 0 aliphatic carbocycles. The summed E-state index contributed by atoms with van der Waals surface area (Å²) in [6, 6.07) is 2.78. The zero-order valence-corrected chi connectivity index (χ0v) is 18.8. The van der Waals surface area contributed by atoms with E-state index in [4.69, 9.17) is 10.1 Å². The molecule has 0 fully saturated rings. The van der Waals surface area contributed by atoms with Crippen LogP contribution in [0.3, 0.4) is 0 Å². The largest absolute Gasteiger partial charge is 0.357 e. The highest BCUT2D eigenvalue weighted by Crippen LogP contribution is 2.25. The predicted molar refractivity (Wildman–Crippen MR) is 114 cm³/mol. The van der Waals surface area contributed by atoms with Gasteiger partial charge < -0.3 is 15.5 Å². The number of carbonyl (C=O) groups excluding carboxylic acids is 3. The van der Waals surface area contributed by atoms with Crippen LogP contribution in [0.4, 0.5) is 19.3 Å². The Morgan fingerprint density at radius 3 is 2.79 bits per heavy atom. The van der Waals surface area contributed by atoms with Gasteiger partial charge in [0.05, 0.1) is 24.5 Å². The number of likely N-dealkylation sites (N-methyl/N-ethyl adjacent to an activating group) is 1. The van der Waals surface area contributed by atoms with Crippen LogP contribution in [-0.4, -0.2) is 64.8 Å². The van der Waals surface area contributed by atoms with Gasteiger partial charge in [-0.3, -0.25) is 19.1 Å². The Morgan fingerprint density at radius 1 is 1.41 bits per heavy atom. The minimum Gasteiger partial charge on any atom is -0.357 e. The molecule has 1 aromatic heterocycles. The molecule has 2 aromatic rings. The van der Waals surface area contributed by atoms with Gasteiger partial charge in [-0.05, 0) is 19.1 Å². The van der Waals surface area contributed by atoms with Crippen LogP contribution in [0, 0.1) is 29.9 Å². The molecule has 1 atom stereocenters. The van der Waals surface area contributed by atoms with Crippen molar-refractivity contribution in [2.24, 2.45) is 0 Å². The summed E-state index contributed by atoms with van der Waals surface area (Å²) in [4.78, 5) is 42.6. The Bertz CT molecular complexity index is 1160. The van der Waals surface area contributed by atoms with Crippen LogP contribution >= 0.6 is 0 Å². The van der Waals surface area contributed by atoms with Crippen LogP contribution in [0.25, 0.3) is 0 Å². The number of halogens is 2. The monoisotopic (exact) mass is 475 g/mol. The van der Waals surface area contributed by atoms with E-state index in [1.165, 1.54) is 25.1 Å². The lowest BCUT2D eigenvalue weighted by molar-refractivity contribution is -0.190. The number of urea groups is 1. The van der Waals surface area contributed by atoms with Crippen molar-refractivity contribution in [3.05, 3.63) is 46.3 Å². The van der Waals surface area contributed by atoms with Gasteiger partial charge in [0.15, 0.2) is 11.9 Å². The second kappa shape index (κ2) is 10.3. The Morgan fingerprint density at radius 2 is 2.15 bits per heavy atom. The number of anilines is 1. The first-order chi connectivity index (χ1) is 16.2. The molecule has 0 radical (unpaired) electrons. The van der Waals surface area contributed by atoms with Gasteiger partial charge in [0, 0.05) is 38.3 Å². The standard InChI is InChI=1S/C21H23F2N7O4/c1-12-14-9-29(21(33)26-17-5-4-15(22)13(8-24)19(17)23)7-6-16(14)27-30(12)10-18(20(32)25-2)34-28(3)11-31/h4-5,11,18H,6-7,9-10H2,1-3H3,(H,25,32)(H,26,33). The summed E-state index contributed by atoms with van der Waals surface area (Å²) < 4.78 is 29.4. The highest BCUT2D eigenvalue weighted by atomic mass is 19.1. The smallest absolute Gasteiger partial charge is 0.322 e. The Labute approximate surface area is 193 Å². The Hall–Kier alpha value is -4.05. The van der Waals surface area contributed by atoms with Crippen molar-refractivity contribution in [3.63, 3.8) is 0 Å². The highest BCUT2D eigenvalue weighted by molar-refractivity contribution is 5.90. The van der Waals surface area contributed by atoms with E-state index in [-0.39, 0.29) is 25.3 Å². The van der Waals surface area contributed by atoms with E-state index in [9.17, 15) is 23.2 Å². The van der Waals surface area contributed by atoms with Crippen LogP contribution in [0.5, 0.6) is 0 Å². The van der Waals surface area contributed by atoms with Crippen molar-refractivity contribution in [2.45, 2.75) is 32.5 Å². The number of nitrogens with one attached hydrogen (secondary N) is 2. The predicted octanol–water partition coefficient (Wildman–Crippen LogP) is 1.07. The molecule has 2 N–H and O–H groups in total. The summed E-state index contributed by atoms with van der Waals surface area (Å²) in [7, 11) is 2.81. The molecule has 0 spiro atoms. The number of carbonyl (C=O) groups is 3. The summed E-state index contributed by atoms with van der Waals surface area (Å²) in [5.41, 5.74) is 1.12. The number of benzene rings is 1. The molecular formula is C21H23F2N7O4. The van der Waals surface area contributed by atoms with Crippen molar-refractivity contribution in [3.8, 4) is 6.07 Å². The van der Waals surface area contributed by atoms with Gasteiger partial charge in [0.25, 0.3) is 5.91 Å². The maximum Gasteiger partial charge on any atom is 0.322 e. The van der Waals surface area contributed by atoms with E-state index in [1.807, 2.05) is 0 Å². The van der Waals surface area contributed by atoms with Crippen LogP contribution in [0.15, 0.2) is 12.1 Å². The van der Waals surface area contributed by atoms with Crippen LogP contribution in [0.2, 0.25) is 0 Å². The third-order valence-electron chi connectivity index (χ3n) is 5.43. The normalized spacial score (nSPS) is 13.5. The van der Waals surface area contributed by atoms with Crippen molar-refractivity contribution in [1.29, 1.82) is 5.26 Å². The second-order valence-electron chi connectivity index (χ2n) is 7.55. The maximum atomic E-state index is 14.3. The van der Waals surface area contributed by atoms with E-state index in [2.05, 4.69) is 15.7 Å². The van der Waals surface area contributed by atoms with Crippen LogP contribution < -0.4 is 10.6 Å². The molecule has 180 valence electrons. The Kier molecular flexibility index (Phi) is 7.42. The molecule has 4 amide bonds. The van der Waals surface area contributed by atoms with E-state index >= 15 is 0 Å². The summed E-state index contributed by atoms with van der Waals surface area (Å²) in [6.45, 7) is 2.25. The van der Waals surface area contributed by atoms with Crippen LogP contribution in [-0.2, 0) is 33.9 Å². The van der Waals surface area contributed by atoms with Gasteiger partial charge in [-0.25, -0.2) is 18.6 Å². The first-order valence-electron chi connectivity index (χ1n) is 10.3. The number of fused-ring (bicyclic) bond motifs is 1. The molecule has 13 heteroatoms. The minimum absolute atomic E-state index is 0.0284. The average Bonchev–Trinajstić information content (AvgIpc) is 3.14. The average molecular weight is 475 g/mol. The number of aromatic nitrogens is 2. The molecule has 1 aliphatic rings. The molecule has 1 aromatic carbocycles. The van der Waals surface area contributed by atoms with Crippen molar-refractivity contribution >= 4 is 24.0 Å². The second-order valence-corrected chi connectivity index (χ2v) is 7.55. The number of rotatable bonds is 7. The van der Waals surface area contributed by atoms with Gasteiger partial charge >= 0.3 is 6.03 Å². The molecule has 1 unspecified atom stereocenters. The maximum absolute atomic E-state index is 14.3. The van der Waals surface area contributed by atoms with E-state index in [1.54, 1.807) is 11.6 Å². The topological polar surface area (TPSA) is 133 Å². The molecular weight excluding hydrogens is 452 g/mol. The van der Waals surface area contributed by atoms with Gasteiger partial charge in [-0.2, -0.15) is 10.4 Å². The fourth-order valence-electron chi connectivity index (χ4n) is 3.57. The lowest BCUT2D eigenvalue weighted by Gasteiger charge is -2.27. The molecule has 11 nitrogen and oxygen atoms in total. The summed E-state index contributed by atoms with van der Waals surface area (Å²) >= 11 is 0. The van der Waals surface area contributed by atoms with Crippen molar-refractivity contribution in [2.75, 3.05) is 26.0 Å². The first kappa shape index (κ1) is 24.6. The van der Waals surface area contributed by atoms with Gasteiger partial charge in [0.1, 0.15) is 17.4 Å². The number of nitrogens with zero attached hydrogens (tertiary/aromatic N) is 5. The number of nitriles is 1. The van der Waals surface area contributed by atoms with E-state index in [0.717, 1.165) is 28.5 Å². The fourth-order valence-corrected chi connectivity index (χ4v) is 3.57. The number of hydrogen-bond donors (Lipinski definition) is 2. The number of amides is 4. The van der Waals surface area contributed by atoms with E-state index in [0.29, 0.717) is 18.5 Å². The zero-order valence-electron chi connectivity index (χ0n) is 18.8. The number of hydrogen-bond acceptors (Lipinski definition) is 6. The summed E-state index contributed by atoms with van der Waals surface area (Å²) in [6.07, 6.45) is -0.182. The first-order valence-corrected chi connectivity index (χ1v) is 10.3. The third kappa shape index (κ3) is 4.96. The molecule has 1 aliphatic heterocycles. The molecule has 2 heterocycles. The zero-order chi connectivity index (χ0) is 25.0. The highest BCUT2D eigenvalue weighted by Gasteiger charge is 2.29. The minimum atomic E-state index is -1.14. The molecule has 0 bridgehead atoms. The molecule has 3 rings (SSSR count). The summed E-state index contributed by atoms with van der Waals surface area (Å²) in [5, 5.41) is 19.2. The van der Waals surface area contributed by atoms with Crippen molar-refractivity contribution in [1.82, 2.24) is 25.1 Å². The van der Waals surface area contributed by atoms with E-state index < -0.39 is 35.2 Å². The SMILES string of the molecule is CNC(=O)C(Cn1nc2c(c1C)CN(C(=O)Nc1ccc(F)c(C#N)c1F)CC2)ON(C)C=O. The molecule has 0 saturated heterocycles. The third-order valence-corrected chi connectivity index (χ3v) is 5.43. The molecule has 34 heavy (non-hydrogen) atoms. The van der Waals surface area contributed by atoms with Gasteiger partial charge in [0.2, 0.25) is 6.41 Å². The van der Waals surface area contributed by atoms with Gasteiger partial charge in [-0.1, -0.05) is 0 Å². The lowest BCUT2D eigenvalue weighted by atomic mass is 10.1. The van der Waals surface area contributed by atoms with Crippen LogP contribution in [0.1, 0.15) is 22.5 Å². The van der Waals surface area contributed by atoms with Crippen molar-refractivity contribution < 1.29 is 28.0 Å². The number of hydroxylamine groups is 2. The Balaban J connectivity index is 1.76.